The van der Waals surface area contributed by atoms with E-state index in [9.17, 15) is 4.79 Å². The summed E-state index contributed by atoms with van der Waals surface area (Å²) in [4.78, 5) is 11.8. The Morgan fingerprint density at radius 2 is 2.12 bits per heavy atom. The van der Waals surface area contributed by atoms with Crippen molar-refractivity contribution in [1.29, 1.82) is 0 Å². The smallest absolute Gasteiger partial charge is 0.352 e. The Balaban J connectivity index is 2.89. The average Bonchev–Trinajstić information content (AvgIpc) is 2.66. The van der Waals surface area contributed by atoms with Gasteiger partial charge in [-0.05, 0) is 13.8 Å². The minimum absolute atomic E-state index is 0.156. The molecule has 0 bridgehead atoms. The van der Waals surface area contributed by atoms with E-state index in [1.165, 1.54) is 0 Å². The highest BCUT2D eigenvalue weighted by atomic mass is 16.5. The molecule has 0 aliphatic heterocycles. The average molecular weight is 225 g/mol. The van der Waals surface area contributed by atoms with Gasteiger partial charge in [0.15, 0.2) is 6.04 Å². The van der Waals surface area contributed by atoms with Gasteiger partial charge in [0.1, 0.15) is 12.4 Å². The van der Waals surface area contributed by atoms with E-state index in [1.54, 1.807) is 0 Å². The molecule has 0 spiro atoms. The minimum atomic E-state index is -0.229. The number of ether oxygens (including phenoxy) is 1. The number of carbonyl (C=O) groups excluding carboxylic acids is 1. The Morgan fingerprint density at radius 1 is 1.44 bits per heavy atom. The van der Waals surface area contributed by atoms with Crippen LogP contribution in [0.1, 0.15) is 33.7 Å². The van der Waals surface area contributed by atoms with E-state index in [4.69, 9.17) is 4.74 Å². The molecule has 0 amide bonds. The van der Waals surface area contributed by atoms with Crippen LogP contribution in [0.4, 0.5) is 0 Å². The van der Waals surface area contributed by atoms with Crippen molar-refractivity contribution in [3.63, 3.8) is 0 Å². The van der Waals surface area contributed by atoms with Crippen LogP contribution in [-0.4, -0.2) is 17.1 Å². The third-order valence-electron chi connectivity index (χ3n) is 2.56. The molecule has 90 valence electrons. The van der Waals surface area contributed by atoms with Crippen LogP contribution in [0.5, 0.6) is 0 Å². The predicted molar refractivity (Wildman–Crippen MR) is 60.8 cm³/mol. The molecule has 1 atom stereocenters. The summed E-state index contributed by atoms with van der Waals surface area (Å²) in [6, 6.07) is -0.229. The van der Waals surface area contributed by atoms with Crippen LogP contribution in [0.3, 0.4) is 0 Å². The molecule has 0 radical (unpaired) electrons. The van der Waals surface area contributed by atoms with Crippen LogP contribution in [-0.2, 0) is 16.1 Å². The maximum Gasteiger partial charge on any atom is 0.352 e. The summed E-state index contributed by atoms with van der Waals surface area (Å²) in [5.74, 6) is 0.0631. The topological polar surface area (TPSA) is 35.1 Å². The zero-order valence-electron chi connectivity index (χ0n) is 10.5. The lowest BCUT2D eigenvalue weighted by atomic mass is 10.0. The van der Waals surface area contributed by atoms with E-state index in [0.717, 1.165) is 6.54 Å². The number of hydrogen-bond donors (Lipinski definition) is 0. The number of hydrogen-bond acceptors (Lipinski definition) is 2. The molecule has 0 saturated heterocycles. The number of rotatable bonds is 5. The quantitative estimate of drug-likeness (QED) is 0.563. The monoisotopic (exact) mass is 225 g/mol. The zero-order chi connectivity index (χ0) is 12.1. The summed E-state index contributed by atoms with van der Waals surface area (Å²) < 4.78 is 9.05. The van der Waals surface area contributed by atoms with Gasteiger partial charge in [-0.3, -0.25) is 0 Å². The summed E-state index contributed by atoms with van der Waals surface area (Å²) in [7, 11) is 0. The second kappa shape index (κ2) is 5.68. The zero-order valence-corrected chi connectivity index (χ0v) is 10.5. The van der Waals surface area contributed by atoms with Crippen molar-refractivity contribution in [3.05, 3.63) is 18.7 Å². The highest BCUT2D eigenvalue weighted by molar-refractivity contribution is 5.74. The van der Waals surface area contributed by atoms with Gasteiger partial charge in [0, 0.05) is 5.92 Å². The number of aryl methyl sites for hydroxylation is 1. The first-order chi connectivity index (χ1) is 7.60. The number of nitrogens with zero attached hydrogens (tertiary/aromatic N) is 2. The molecule has 4 nitrogen and oxygen atoms in total. The summed E-state index contributed by atoms with van der Waals surface area (Å²) in [5, 5.41) is 0. The maximum atomic E-state index is 11.8. The Kier molecular flexibility index (Phi) is 4.52. The lowest BCUT2D eigenvalue weighted by Gasteiger charge is -2.15. The van der Waals surface area contributed by atoms with E-state index < -0.39 is 0 Å². The highest BCUT2D eigenvalue weighted by Crippen LogP contribution is 2.18. The van der Waals surface area contributed by atoms with Gasteiger partial charge in [-0.25, -0.2) is 13.9 Å². The Bertz CT molecular complexity index is 345. The first kappa shape index (κ1) is 12.7. The van der Waals surface area contributed by atoms with Gasteiger partial charge in [-0.2, -0.15) is 0 Å². The van der Waals surface area contributed by atoms with Crippen molar-refractivity contribution in [3.8, 4) is 0 Å². The first-order valence-electron chi connectivity index (χ1n) is 5.83. The van der Waals surface area contributed by atoms with Crippen molar-refractivity contribution in [2.75, 3.05) is 6.61 Å². The molecule has 0 saturated carbocycles. The fourth-order valence-corrected chi connectivity index (χ4v) is 1.73. The molecule has 0 aromatic carbocycles. The number of carbonyl (C=O) groups is 1. The van der Waals surface area contributed by atoms with Gasteiger partial charge in [0.25, 0.3) is 0 Å². The third-order valence-corrected chi connectivity index (χ3v) is 2.56. The van der Waals surface area contributed by atoms with Crippen LogP contribution in [0, 0.1) is 5.92 Å². The van der Waals surface area contributed by atoms with Gasteiger partial charge in [-0.15, -0.1) is 0 Å². The van der Waals surface area contributed by atoms with Crippen LogP contribution >= 0.6 is 0 Å². The summed E-state index contributed by atoms with van der Waals surface area (Å²) >= 11 is 0. The summed E-state index contributed by atoms with van der Waals surface area (Å²) in [5.41, 5.74) is 0. The van der Waals surface area contributed by atoms with Crippen LogP contribution in [0.15, 0.2) is 18.7 Å². The van der Waals surface area contributed by atoms with Crippen LogP contribution < -0.4 is 4.57 Å². The Hall–Kier alpha value is -1.32. The van der Waals surface area contributed by atoms with Crippen molar-refractivity contribution < 1.29 is 14.1 Å². The minimum Gasteiger partial charge on any atom is -0.463 e. The first-order valence-corrected chi connectivity index (χ1v) is 5.83. The fourth-order valence-electron chi connectivity index (χ4n) is 1.73. The largest absolute Gasteiger partial charge is 0.463 e. The molecule has 1 rings (SSSR count). The molecule has 1 aromatic heterocycles. The molecule has 0 N–H and O–H groups in total. The molecule has 4 heteroatoms. The van der Waals surface area contributed by atoms with Crippen molar-refractivity contribution in [2.45, 2.75) is 40.3 Å². The van der Waals surface area contributed by atoms with Gasteiger partial charge in [-0.1, -0.05) is 13.8 Å². The molecule has 0 aliphatic carbocycles. The molecule has 1 heterocycles. The summed E-state index contributed by atoms with van der Waals surface area (Å²) in [6.45, 7) is 9.28. The number of aromatic nitrogens is 2. The van der Waals surface area contributed by atoms with E-state index in [-0.39, 0.29) is 17.9 Å². The van der Waals surface area contributed by atoms with E-state index in [0.29, 0.717) is 6.61 Å². The third kappa shape index (κ3) is 2.84. The van der Waals surface area contributed by atoms with E-state index in [1.807, 2.05) is 48.6 Å². The van der Waals surface area contributed by atoms with E-state index in [2.05, 4.69) is 6.92 Å². The van der Waals surface area contributed by atoms with Gasteiger partial charge < -0.3 is 4.74 Å². The lowest BCUT2D eigenvalue weighted by Crippen LogP contribution is -2.31. The summed E-state index contributed by atoms with van der Waals surface area (Å²) in [6.07, 6.45) is 5.83. The number of esters is 1. The standard InChI is InChI=1S/C12H21N2O2/c1-5-13-7-8-14(9-13)11(10(3)4)12(15)16-6-2/h7-11H,5-6H2,1-4H3/q+1. The lowest BCUT2D eigenvalue weighted by molar-refractivity contribution is -0.693. The molecule has 0 aliphatic rings. The Morgan fingerprint density at radius 3 is 2.56 bits per heavy atom. The molecular formula is C12H21N2O2+. The highest BCUT2D eigenvalue weighted by Gasteiger charge is 2.29. The normalized spacial score (nSPS) is 12.8. The van der Waals surface area contributed by atoms with Crippen LogP contribution in [0.2, 0.25) is 0 Å². The van der Waals surface area contributed by atoms with Crippen LogP contribution in [0.25, 0.3) is 0 Å². The second-order valence-corrected chi connectivity index (χ2v) is 4.13. The van der Waals surface area contributed by atoms with Crippen molar-refractivity contribution in [2.24, 2.45) is 5.92 Å². The molecule has 1 unspecified atom stereocenters. The molecule has 0 fully saturated rings. The molecule has 16 heavy (non-hydrogen) atoms. The van der Waals surface area contributed by atoms with Crippen molar-refractivity contribution in [1.82, 2.24) is 4.57 Å². The van der Waals surface area contributed by atoms with E-state index >= 15 is 0 Å². The maximum absolute atomic E-state index is 11.8. The van der Waals surface area contributed by atoms with Gasteiger partial charge in [0.2, 0.25) is 6.33 Å². The molecule has 1 aromatic rings. The number of imidazole rings is 1. The van der Waals surface area contributed by atoms with Crippen molar-refractivity contribution >= 4 is 5.97 Å². The fraction of sp³-hybridized carbons (Fsp3) is 0.667. The second-order valence-electron chi connectivity index (χ2n) is 4.13. The Labute approximate surface area is 96.8 Å². The SMILES string of the molecule is CCOC(=O)C(C(C)C)n1cc[n+](CC)c1. The van der Waals surface area contributed by atoms with Gasteiger partial charge in [0.05, 0.1) is 13.2 Å². The molecular weight excluding hydrogens is 204 g/mol. The van der Waals surface area contributed by atoms with Gasteiger partial charge >= 0.3 is 5.97 Å². The predicted octanol–water partition coefficient (Wildman–Crippen LogP) is 1.56.